The summed E-state index contributed by atoms with van der Waals surface area (Å²) < 4.78 is 37.2. The fraction of sp³-hybridized carbons (Fsp3) is 0.316. The topological polar surface area (TPSA) is 102 Å². The van der Waals surface area contributed by atoms with E-state index in [1.54, 1.807) is 42.5 Å². The van der Waals surface area contributed by atoms with Gasteiger partial charge >= 0.3 is 5.97 Å². The van der Waals surface area contributed by atoms with E-state index in [0.29, 0.717) is 17.9 Å². The van der Waals surface area contributed by atoms with E-state index in [1.807, 2.05) is 6.92 Å². The maximum absolute atomic E-state index is 11.9. The number of unbranched alkanes of at least 4 members (excludes halogenated alkanes) is 1. The molecule has 7 nitrogen and oxygen atoms in total. The first kappa shape index (κ1) is 20.6. The average Bonchev–Trinajstić information content (AvgIpc) is 2.65. The zero-order valence-electron chi connectivity index (χ0n) is 15.1. The zero-order chi connectivity index (χ0) is 19.7. The predicted octanol–water partition coefficient (Wildman–Crippen LogP) is 3.38. The molecule has 0 aliphatic heterocycles. The molecule has 0 unspecified atom stereocenters. The Bertz CT molecular complexity index is 849. The molecule has 0 aromatic heterocycles. The van der Waals surface area contributed by atoms with Crippen molar-refractivity contribution in [1.29, 1.82) is 0 Å². The fourth-order valence-corrected chi connectivity index (χ4v) is 3.53. The Morgan fingerprint density at radius 1 is 1.04 bits per heavy atom. The van der Waals surface area contributed by atoms with Crippen LogP contribution in [0.4, 0.5) is 5.69 Å². The third-order valence-electron chi connectivity index (χ3n) is 3.62. The Morgan fingerprint density at radius 2 is 1.70 bits per heavy atom. The van der Waals surface area contributed by atoms with Crippen LogP contribution in [0.15, 0.2) is 48.5 Å². The summed E-state index contributed by atoms with van der Waals surface area (Å²) in [6.45, 7) is 2.33. The quantitative estimate of drug-likeness (QED) is 0.568. The first-order valence-electron chi connectivity index (χ1n) is 8.60. The number of rotatable bonds is 11. The molecule has 0 amide bonds. The zero-order valence-corrected chi connectivity index (χ0v) is 15.9. The molecular weight excluding hydrogens is 370 g/mol. The molecule has 0 bridgehead atoms. The number of hydrogen-bond donors (Lipinski definition) is 2. The number of carboxylic acids is 1. The van der Waals surface area contributed by atoms with Gasteiger partial charge in [-0.3, -0.25) is 4.72 Å². The first-order chi connectivity index (χ1) is 12.9. The number of nitrogens with one attached hydrogen (secondary N) is 1. The summed E-state index contributed by atoms with van der Waals surface area (Å²) in [6.07, 6.45) is 1.42. The Balaban J connectivity index is 1.81. The Morgan fingerprint density at radius 3 is 2.37 bits per heavy atom. The molecule has 2 aromatic carbocycles. The molecule has 0 heterocycles. The summed E-state index contributed by atoms with van der Waals surface area (Å²) in [5.74, 6) is -0.118. The predicted molar refractivity (Wildman–Crippen MR) is 103 cm³/mol. The van der Waals surface area contributed by atoms with Gasteiger partial charge < -0.3 is 14.6 Å². The Labute approximate surface area is 159 Å². The maximum atomic E-state index is 11.9. The highest BCUT2D eigenvalue weighted by Gasteiger charge is 2.10. The number of hydrogen-bond acceptors (Lipinski definition) is 5. The molecule has 0 saturated carbocycles. The number of anilines is 1. The van der Waals surface area contributed by atoms with E-state index >= 15 is 0 Å². The van der Waals surface area contributed by atoms with Gasteiger partial charge in [-0.2, -0.15) is 0 Å². The van der Waals surface area contributed by atoms with E-state index < -0.39 is 16.0 Å². The van der Waals surface area contributed by atoms with E-state index in [2.05, 4.69) is 4.72 Å². The highest BCUT2D eigenvalue weighted by molar-refractivity contribution is 7.92. The van der Waals surface area contributed by atoms with Gasteiger partial charge in [0.2, 0.25) is 10.0 Å². The summed E-state index contributed by atoms with van der Waals surface area (Å²) in [5, 5.41) is 9.09. The van der Waals surface area contributed by atoms with Crippen LogP contribution in [0.1, 0.15) is 30.1 Å². The maximum Gasteiger partial charge on any atom is 0.339 e. The standard InChI is InChI=1S/C19H23NO6S/c1-2-3-14-27(23,24)20-15-8-10-16(11-9-15)25-12-13-26-18-7-5-4-6-17(18)19(21)22/h4-11,20H,2-3,12-14H2,1H3,(H,21,22). The molecule has 27 heavy (non-hydrogen) atoms. The van der Waals surface area contributed by atoms with E-state index in [4.69, 9.17) is 14.6 Å². The third-order valence-corrected chi connectivity index (χ3v) is 4.99. The van der Waals surface area contributed by atoms with Crippen molar-refractivity contribution in [1.82, 2.24) is 0 Å². The number of sulfonamides is 1. The summed E-state index contributed by atoms with van der Waals surface area (Å²) in [4.78, 5) is 11.1. The van der Waals surface area contributed by atoms with Gasteiger partial charge in [0.15, 0.2) is 0 Å². The van der Waals surface area contributed by atoms with Crippen LogP contribution >= 0.6 is 0 Å². The van der Waals surface area contributed by atoms with Gasteiger partial charge in [0.25, 0.3) is 0 Å². The number of carbonyl (C=O) groups is 1. The van der Waals surface area contributed by atoms with Crippen molar-refractivity contribution in [3.05, 3.63) is 54.1 Å². The van der Waals surface area contributed by atoms with E-state index in [-0.39, 0.29) is 30.3 Å². The fourth-order valence-electron chi connectivity index (χ4n) is 2.26. The lowest BCUT2D eigenvalue weighted by molar-refractivity contribution is 0.0691. The molecule has 0 radical (unpaired) electrons. The highest BCUT2D eigenvalue weighted by atomic mass is 32.2. The summed E-state index contributed by atoms with van der Waals surface area (Å²) >= 11 is 0. The highest BCUT2D eigenvalue weighted by Crippen LogP contribution is 2.19. The molecule has 0 aliphatic carbocycles. The first-order valence-corrected chi connectivity index (χ1v) is 10.2. The van der Waals surface area contributed by atoms with Crippen molar-refractivity contribution >= 4 is 21.7 Å². The van der Waals surface area contributed by atoms with Crippen molar-refractivity contribution in [2.45, 2.75) is 19.8 Å². The molecular formula is C19H23NO6S. The number of aromatic carboxylic acids is 1. The Kier molecular flexibility index (Phi) is 7.48. The van der Waals surface area contributed by atoms with Crippen LogP contribution in [0.25, 0.3) is 0 Å². The smallest absolute Gasteiger partial charge is 0.339 e. The second kappa shape index (κ2) is 9.82. The molecule has 0 atom stereocenters. The molecule has 0 saturated heterocycles. The van der Waals surface area contributed by atoms with Crippen LogP contribution in [0.2, 0.25) is 0 Å². The number of benzene rings is 2. The summed E-state index contributed by atoms with van der Waals surface area (Å²) in [5.41, 5.74) is 0.572. The largest absolute Gasteiger partial charge is 0.490 e. The van der Waals surface area contributed by atoms with Crippen LogP contribution in [0.5, 0.6) is 11.5 Å². The monoisotopic (exact) mass is 393 g/mol. The van der Waals surface area contributed by atoms with Crippen LogP contribution in [0, 0.1) is 0 Å². The second-order valence-electron chi connectivity index (χ2n) is 5.80. The SMILES string of the molecule is CCCCS(=O)(=O)Nc1ccc(OCCOc2ccccc2C(=O)O)cc1. The van der Waals surface area contributed by atoms with Gasteiger partial charge in [-0.15, -0.1) is 0 Å². The molecule has 0 aliphatic rings. The van der Waals surface area contributed by atoms with Gasteiger partial charge in [0.05, 0.1) is 5.75 Å². The summed E-state index contributed by atoms with van der Waals surface area (Å²) in [7, 11) is -3.33. The van der Waals surface area contributed by atoms with Crippen molar-refractivity contribution in [2.75, 3.05) is 23.7 Å². The minimum Gasteiger partial charge on any atom is -0.490 e. The van der Waals surface area contributed by atoms with Crippen molar-refractivity contribution in [3.63, 3.8) is 0 Å². The molecule has 2 rings (SSSR count). The van der Waals surface area contributed by atoms with Gasteiger partial charge in [0, 0.05) is 5.69 Å². The van der Waals surface area contributed by atoms with Crippen LogP contribution in [-0.4, -0.2) is 38.5 Å². The van der Waals surface area contributed by atoms with Crippen LogP contribution < -0.4 is 14.2 Å². The van der Waals surface area contributed by atoms with Crippen LogP contribution in [0.3, 0.4) is 0 Å². The van der Waals surface area contributed by atoms with Crippen molar-refractivity contribution < 1.29 is 27.8 Å². The minimum atomic E-state index is -3.33. The normalized spacial score (nSPS) is 11.0. The molecule has 0 spiro atoms. The minimum absolute atomic E-state index is 0.0942. The summed E-state index contributed by atoms with van der Waals surface area (Å²) in [6, 6.07) is 12.9. The van der Waals surface area contributed by atoms with Gasteiger partial charge in [-0.25, -0.2) is 13.2 Å². The van der Waals surface area contributed by atoms with Gasteiger partial charge in [-0.05, 0) is 42.8 Å². The third kappa shape index (κ3) is 6.82. The lowest BCUT2D eigenvalue weighted by atomic mass is 10.2. The van der Waals surface area contributed by atoms with Crippen LogP contribution in [-0.2, 0) is 10.0 Å². The number of para-hydroxylation sites is 1. The number of carboxylic acid groups (broad SMARTS) is 1. The van der Waals surface area contributed by atoms with Gasteiger partial charge in [-0.1, -0.05) is 25.5 Å². The van der Waals surface area contributed by atoms with Crippen molar-refractivity contribution in [3.8, 4) is 11.5 Å². The lowest BCUT2D eigenvalue weighted by Gasteiger charge is -2.11. The van der Waals surface area contributed by atoms with Crippen molar-refractivity contribution in [2.24, 2.45) is 0 Å². The van der Waals surface area contributed by atoms with E-state index in [1.165, 1.54) is 6.07 Å². The molecule has 146 valence electrons. The Hall–Kier alpha value is -2.74. The molecule has 0 fully saturated rings. The van der Waals surface area contributed by atoms with E-state index in [0.717, 1.165) is 6.42 Å². The molecule has 2 N–H and O–H groups in total. The lowest BCUT2D eigenvalue weighted by Crippen LogP contribution is -2.16. The van der Waals surface area contributed by atoms with E-state index in [9.17, 15) is 13.2 Å². The molecule has 8 heteroatoms. The average molecular weight is 393 g/mol. The number of ether oxygens (including phenoxy) is 2. The second-order valence-corrected chi connectivity index (χ2v) is 7.64. The molecule has 2 aromatic rings. The van der Waals surface area contributed by atoms with Gasteiger partial charge in [0.1, 0.15) is 30.3 Å².